The second-order valence-corrected chi connectivity index (χ2v) is 6.47. The summed E-state index contributed by atoms with van der Waals surface area (Å²) in [7, 11) is 4.60. The van der Waals surface area contributed by atoms with Gasteiger partial charge in [-0.05, 0) is 24.3 Å². The molecule has 0 aliphatic heterocycles. The molecule has 6 heteroatoms. The number of hydrogen-bond acceptors (Lipinski definition) is 6. The molecule has 0 aliphatic rings. The van der Waals surface area contributed by atoms with E-state index in [-0.39, 0.29) is 5.78 Å². The standard InChI is InChI=1S/C20H19NO4S/c1-23-17-10-13(11-18(24-2)20(17)25-3)16(22)12-26-19-8-9-21-15-7-5-4-6-14(15)19/h4-11H,12H2,1-3H3. The molecule has 134 valence electrons. The fourth-order valence-electron chi connectivity index (χ4n) is 2.66. The van der Waals surface area contributed by atoms with Gasteiger partial charge in [-0.2, -0.15) is 0 Å². The second-order valence-electron chi connectivity index (χ2n) is 5.45. The van der Waals surface area contributed by atoms with Crippen LogP contribution in [0.2, 0.25) is 0 Å². The third-order valence-corrected chi connectivity index (χ3v) is 5.03. The van der Waals surface area contributed by atoms with Crippen LogP contribution in [-0.2, 0) is 0 Å². The first-order valence-electron chi connectivity index (χ1n) is 7.97. The fraction of sp³-hybridized carbons (Fsp3) is 0.200. The van der Waals surface area contributed by atoms with Crippen LogP contribution in [0.5, 0.6) is 17.2 Å². The average Bonchev–Trinajstić information content (AvgIpc) is 2.70. The molecule has 0 unspecified atom stereocenters. The number of para-hydroxylation sites is 1. The van der Waals surface area contributed by atoms with Crippen LogP contribution in [0, 0.1) is 0 Å². The minimum atomic E-state index is -0.0184. The maximum atomic E-state index is 12.7. The Hall–Kier alpha value is -2.73. The SMILES string of the molecule is COc1cc(C(=O)CSc2ccnc3ccccc23)cc(OC)c1OC. The fourth-order valence-corrected chi connectivity index (χ4v) is 3.60. The van der Waals surface area contributed by atoms with Crippen molar-refractivity contribution < 1.29 is 19.0 Å². The van der Waals surface area contributed by atoms with E-state index in [1.165, 1.54) is 33.1 Å². The van der Waals surface area contributed by atoms with Crippen molar-refractivity contribution in [3.63, 3.8) is 0 Å². The molecule has 3 rings (SSSR count). The monoisotopic (exact) mass is 369 g/mol. The number of hydrogen-bond donors (Lipinski definition) is 0. The number of Topliss-reactive ketones (excluding diaryl/α,β-unsaturated/α-hetero) is 1. The lowest BCUT2D eigenvalue weighted by molar-refractivity contribution is 0.102. The van der Waals surface area contributed by atoms with Gasteiger partial charge in [-0.1, -0.05) is 18.2 Å². The highest BCUT2D eigenvalue weighted by atomic mass is 32.2. The molecule has 0 radical (unpaired) electrons. The summed E-state index contributed by atoms with van der Waals surface area (Å²) in [6.07, 6.45) is 1.76. The van der Waals surface area contributed by atoms with Gasteiger partial charge in [0.2, 0.25) is 5.75 Å². The van der Waals surface area contributed by atoms with E-state index < -0.39 is 0 Å². The zero-order valence-corrected chi connectivity index (χ0v) is 15.6. The number of pyridine rings is 1. The number of methoxy groups -OCH3 is 3. The highest BCUT2D eigenvalue weighted by Crippen LogP contribution is 2.38. The highest BCUT2D eigenvalue weighted by Gasteiger charge is 2.17. The van der Waals surface area contributed by atoms with Gasteiger partial charge in [0.1, 0.15) is 0 Å². The summed E-state index contributed by atoms with van der Waals surface area (Å²) in [6.45, 7) is 0. The molecule has 26 heavy (non-hydrogen) atoms. The van der Waals surface area contributed by atoms with E-state index in [1.54, 1.807) is 18.3 Å². The van der Waals surface area contributed by atoms with Gasteiger partial charge in [-0.25, -0.2) is 0 Å². The molecule has 0 saturated heterocycles. The van der Waals surface area contributed by atoms with Crippen LogP contribution in [0.1, 0.15) is 10.4 Å². The molecule has 3 aromatic rings. The van der Waals surface area contributed by atoms with Crippen molar-refractivity contribution in [1.29, 1.82) is 0 Å². The molecule has 2 aromatic carbocycles. The maximum Gasteiger partial charge on any atom is 0.203 e. The first kappa shape index (κ1) is 18.1. The van der Waals surface area contributed by atoms with E-state index in [9.17, 15) is 4.79 Å². The minimum absolute atomic E-state index is 0.0184. The average molecular weight is 369 g/mol. The largest absolute Gasteiger partial charge is 0.493 e. The topological polar surface area (TPSA) is 57.7 Å². The number of nitrogens with zero attached hydrogens (tertiary/aromatic N) is 1. The number of fused-ring (bicyclic) bond motifs is 1. The van der Waals surface area contributed by atoms with E-state index in [0.717, 1.165) is 15.8 Å². The normalized spacial score (nSPS) is 10.6. The smallest absolute Gasteiger partial charge is 0.203 e. The van der Waals surface area contributed by atoms with Crippen LogP contribution in [0.15, 0.2) is 53.6 Å². The van der Waals surface area contributed by atoms with E-state index in [1.807, 2.05) is 30.3 Å². The number of benzene rings is 2. The summed E-state index contributed by atoms with van der Waals surface area (Å²) in [6, 6.07) is 13.2. The van der Waals surface area contributed by atoms with E-state index >= 15 is 0 Å². The summed E-state index contributed by atoms with van der Waals surface area (Å²) < 4.78 is 15.9. The van der Waals surface area contributed by atoms with Gasteiger partial charge in [0.15, 0.2) is 17.3 Å². The molecular formula is C20H19NO4S. The predicted molar refractivity (Wildman–Crippen MR) is 103 cm³/mol. The Kier molecular flexibility index (Phi) is 5.63. The zero-order chi connectivity index (χ0) is 18.5. The van der Waals surface area contributed by atoms with Crippen molar-refractivity contribution >= 4 is 28.4 Å². The summed E-state index contributed by atoms with van der Waals surface area (Å²) in [5.74, 6) is 1.69. The molecule has 0 N–H and O–H groups in total. The zero-order valence-electron chi connectivity index (χ0n) is 14.8. The summed E-state index contributed by atoms with van der Waals surface area (Å²) in [4.78, 5) is 18.1. The second kappa shape index (κ2) is 8.10. The number of ketones is 1. The lowest BCUT2D eigenvalue weighted by atomic mass is 10.1. The molecule has 1 heterocycles. The summed E-state index contributed by atoms with van der Waals surface area (Å²) in [5, 5.41) is 1.04. The Morgan fingerprint density at radius 1 is 1.00 bits per heavy atom. The Balaban J connectivity index is 1.84. The summed E-state index contributed by atoms with van der Waals surface area (Å²) >= 11 is 1.49. The number of carbonyl (C=O) groups excluding carboxylic acids is 1. The predicted octanol–water partition coefficient (Wildman–Crippen LogP) is 4.24. The maximum absolute atomic E-state index is 12.7. The Bertz CT molecular complexity index is 912. The molecule has 0 atom stereocenters. The quantitative estimate of drug-likeness (QED) is 0.459. The lowest BCUT2D eigenvalue weighted by Crippen LogP contribution is -2.05. The third kappa shape index (κ3) is 3.60. The lowest BCUT2D eigenvalue weighted by Gasteiger charge is -2.13. The van der Waals surface area contributed by atoms with Crippen molar-refractivity contribution in [2.75, 3.05) is 27.1 Å². The van der Waals surface area contributed by atoms with Crippen LogP contribution < -0.4 is 14.2 Å². The highest BCUT2D eigenvalue weighted by molar-refractivity contribution is 8.00. The van der Waals surface area contributed by atoms with Gasteiger partial charge in [0.25, 0.3) is 0 Å². The van der Waals surface area contributed by atoms with Crippen LogP contribution in [0.3, 0.4) is 0 Å². The molecule has 1 aromatic heterocycles. The van der Waals surface area contributed by atoms with Crippen LogP contribution in [-0.4, -0.2) is 37.8 Å². The first-order valence-corrected chi connectivity index (χ1v) is 8.96. The molecule has 0 bridgehead atoms. The van der Waals surface area contributed by atoms with E-state index in [0.29, 0.717) is 28.6 Å². The van der Waals surface area contributed by atoms with Crippen molar-refractivity contribution in [1.82, 2.24) is 4.98 Å². The van der Waals surface area contributed by atoms with Gasteiger partial charge in [0, 0.05) is 22.0 Å². The van der Waals surface area contributed by atoms with Crippen molar-refractivity contribution in [3.05, 3.63) is 54.2 Å². The Labute approximate surface area is 156 Å². The van der Waals surface area contributed by atoms with Crippen LogP contribution in [0.25, 0.3) is 10.9 Å². The molecule has 0 saturated carbocycles. The van der Waals surface area contributed by atoms with Gasteiger partial charge in [-0.3, -0.25) is 9.78 Å². The van der Waals surface area contributed by atoms with Gasteiger partial charge in [0.05, 0.1) is 32.6 Å². The van der Waals surface area contributed by atoms with Crippen molar-refractivity contribution in [2.24, 2.45) is 0 Å². The molecule has 0 spiro atoms. The number of thioether (sulfide) groups is 1. The molecule has 5 nitrogen and oxygen atoms in total. The van der Waals surface area contributed by atoms with Gasteiger partial charge in [-0.15, -0.1) is 11.8 Å². The Morgan fingerprint density at radius 2 is 1.69 bits per heavy atom. The molecule has 0 amide bonds. The van der Waals surface area contributed by atoms with Gasteiger partial charge >= 0.3 is 0 Å². The van der Waals surface area contributed by atoms with Crippen molar-refractivity contribution in [3.8, 4) is 17.2 Å². The molecular weight excluding hydrogens is 350 g/mol. The number of aromatic nitrogens is 1. The Morgan fingerprint density at radius 3 is 2.35 bits per heavy atom. The van der Waals surface area contributed by atoms with Crippen LogP contribution >= 0.6 is 11.8 Å². The third-order valence-electron chi connectivity index (χ3n) is 3.95. The molecule has 0 aliphatic carbocycles. The van der Waals surface area contributed by atoms with Crippen LogP contribution in [0.4, 0.5) is 0 Å². The molecule has 0 fully saturated rings. The minimum Gasteiger partial charge on any atom is -0.493 e. The van der Waals surface area contributed by atoms with Crippen molar-refractivity contribution in [2.45, 2.75) is 4.90 Å². The number of carbonyl (C=O) groups is 1. The number of rotatable bonds is 7. The first-order chi connectivity index (χ1) is 12.7. The van der Waals surface area contributed by atoms with E-state index in [2.05, 4.69) is 4.98 Å². The van der Waals surface area contributed by atoms with Gasteiger partial charge < -0.3 is 14.2 Å². The van der Waals surface area contributed by atoms with E-state index in [4.69, 9.17) is 14.2 Å². The number of ether oxygens (including phenoxy) is 3. The summed E-state index contributed by atoms with van der Waals surface area (Å²) in [5.41, 5.74) is 1.43.